The number of nitro groups is 1. The van der Waals surface area contributed by atoms with Crippen LogP contribution in [-0.4, -0.2) is 10.8 Å². The Morgan fingerprint density at radius 2 is 2.12 bits per heavy atom. The SMILES string of the molecule is O=C1Nc2ccc([N+](=O)[O-])cc2C1C1CC1. The van der Waals surface area contributed by atoms with Gasteiger partial charge < -0.3 is 5.32 Å². The zero-order valence-corrected chi connectivity index (χ0v) is 8.47. The quantitative estimate of drug-likeness (QED) is 0.609. The molecular formula is C11H10N2O3. The predicted molar refractivity (Wildman–Crippen MR) is 57.2 cm³/mol. The number of rotatable bonds is 2. The second kappa shape index (κ2) is 3.04. The van der Waals surface area contributed by atoms with Gasteiger partial charge in [-0.15, -0.1) is 0 Å². The van der Waals surface area contributed by atoms with Crippen molar-refractivity contribution >= 4 is 17.3 Å². The Hall–Kier alpha value is -1.91. The monoisotopic (exact) mass is 218 g/mol. The van der Waals surface area contributed by atoms with E-state index >= 15 is 0 Å². The van der Waals surface area contributed by atoms with Crippen LogP contribution in [-0.2, 0) is 4.79 Å². The number of amides is 1. The summed E-state index contributed by atoms with van der Waals surface area (Å²) < 4.78 is 0. The first-order chi connectivity index (χ1) is 7.66. The van der Waals surface area contributed by atoms with Crippen molar-refractivity contribution in [2.75, 3.05) is 5.32 Å². The van der Waals surface area contributed by atoms with Crippen LogP contribution in [0, 0.1) is 16.0 Å². The molecule has 3 rings (SSSR count). The molecule has 2 aliphatic rings. The van der Waals surface area contributed by atoms with Gasteiger partial charge in [0, 0.05) is 17.8 Å². The van der Waals surface area contributed by atoms with Gasteiger partial charge in [0.25, 0.3) is 5.69 Å². The Labute approximate surface area is 91.6 Å². The van der Waals surface area contributed by atoms with Crippen LogP contribution < -0.4 is 5.32 Å². The molecule has 5 heteroatoms. The van der Waals surface area contributed by atoms with Crippen LogP contribution in [0.15, 0.2) is 18.2 Å². The molecule has 16 heavy (non-hydrogen) atoms. The third-order valence-electron chi connectivity index (χ3n) is 3.21. The summed E-state index contributed by atoms with van der Waals surface area (Å²) in [6.07, 6.45) is 2.08. The van der Waals surface area contributed by atoms with E-state index in [2.05, 4.69) is 5.32 Å². The maximum Gasteiger partial charge on any atom is 0.269 e. The number of anilines is 1. The molecule has 1 amide bonds. The molecule has 0 spiro atoms. The number of nitrogens with zero attached hydrogens (tertiary/aromatic N) is 1. The van der Waals surface area contributed by atoms with E-state index in [0.717, 1.165) is 24.1 Å². The van der Waals surface area contributed by atoms with Crippen molar-refractivity contribution in [2.45, 2.75) is 18.8 Å². The minimum absolute atomic E-state index is 0.0157. The fraction of sp³-hybridized carbons (Fsp3) is 0.364. The summed E-state index contributed by atoms with van der Waals surface area (Å²) in [7, 11) is 0. The van der Waals surface area contributed by atoms with Crippen molar-refractivity contribution < 1.29 is 9.72 Å². The smallest absolute Gasteiger partial charge is 0.269 e. The fourth-order valence-corrected chi connectivity index (χ4v) is 2.28. The molecule has 1 aromatic carbocycles. The van der Waals surface area contributed by atoms with E-state index < -0.39 is 4.92 Å². The highest BCUT2D eigenvalue weighted by atomic mass is 16.6. The minimum Gasteiger partial charge on any atom is -0.325 e. The minimum atomic E-state index is -0.424. The van der Waals surface area contributed by atoms with Gasteiger partial charge in [0.05, 0.1) is 10.8 Å². The molecule has 1 aliphatic carbocycles. The van der Waals surface area contributed by atoms with Gasteiger partial charge in [0.2, 0.25) is 5.91 Å². The normalized spacial score (nSPS) is 22.8. The van der Waals surface area contributed by atoms with Crippen LogP contribution in [0.1, 0.15) is 24.3 Å². The Bertz CT molecular complexity index is 494. The molecule has 1 aliphatic heterocycles. The zero-order valence-electron chi connectivity index (χ0n) is 8.47. The molecule has 1 atom stereocenters. The molecule has 0 saturated heterocycles. The number of fused-ring (bicyclic) bond motifs is 1. The van der Waals surface area contributed by atoms with Crippen LogP contribution in [0.4, 0.5) is 11.4 Å². The van der Waals surface area contributed by atoms with E-state index in [-0.39, 0.29) is 17.5 Å². The summed E-state index contributed by atoms with van der Waals surface area (Å²) in [5.74, 6) is 0.191. The summed E-state index contributed by atoms with van der Waals surface area (Å²) in [6, 6.07) is 4.57. The van der Waals surface area contributed by atoms with Gasteiger partial charge >= 0.3 is 0 Å². The summed E-state index contributed by atoms with van der Waals surface area (Å²) in [5, 5.41) is 13.4. The van der Waals surface area contributed by atoms with Gasteiger partial charge in [-0.25, -0.2) is 0 Å². The molecule has 1 aromatic rings. The van der Waals surface area contributed by atoms with Gasteiger partial charge in [-0.3, -0.25) is 14.9 Å². The highest BCUT2D eigenvalue weighted by molar-refractivity contribution is 6.03. The lowest BCUT2D eigenvalue weighted by Crippen LogP contribution is -2.13. The topological polar surface area (TPSA) is 72.2 Å². The number of nitrogens with one attached hydrogen (secondary N) is 1. The molecule has 0 radical (unpaired) electrons. The Balaban J connectivity index is 2.07. The van der Waals surface area contributed by atoms with Crippen molar-refractivity contribution in [1.29, 1.82) is 0 Å². The van der Waals surface area contributed by atoms with Crippen molar-refractivity contribution in [3.05, 3.63) is 33.9 Å². The first kappa shape index (κ1) is 9.33. The summed E-state index contributed by atoms with van der Waals surface area (Å²) >= 11 is 0. The average molecular weight is 218 g/mol. The lowest BCUT2D eigenvalue weighted by Gasteiger charge is -2.05. The van der Waals surface area contributed by atoms with Gasteiger partial charge in [0.15, 0.2) is 0 Å². The lowest BCUT2D eigenvalue weighted by atomic mass is 9.95. The molecule has 0 aromatic heterocycles. The highest BCUT2D eigenvalue weighted by Crippen LogP contribution is 2.48. The van der Waals surface area contributed by atoms with E-state index in [0.29, 0.717) is 5.92 Å². The van der Waals surface area contributed by atoms with Crippen molar-refractivity contribution in [3.63, 3.8) is 0 Å². The summed E-state index contributed by atoms with van der Waals surface area (Å²) in [6.45, 7) is 0. The van der Waals surface area contributed by atoms with Gasteiger partial charge in [-0.1, -0.05) is 0 Å². The molecule has 1 N–H and O–H groups in total. The molecule has 0 bridgehead atoms. The van der Waals surface area contributed by atoms with E-state index in [1.807, 2.05) is 0 Å². The van der Waals surface area contributed by atoms with Crippen LogP contribution >= 0.6 is 0 Å². The largest absolute Gasteiger partial charge is 0.325 e. The third kappa shape index (κ3) is 1.28. The average Bonchev–Trinajstić information content (AvgIpc) is 3.00. The molecular weight excluding hydrogens is 208 g/mol. The Morgan fingerprint density at radius 3 is 2.75 bits per heavy atom. The second-order valence-corrected chi connectivity index (χ2v) is 4.33. The second-order valence-electron chi connectivity index (χ2n) is 4.33. The summed E-state index contributed by atoms with van der Waals surface area (Å²) in [5.41, 5.74) is 1.58. The third-order valence-corrected chi connectivity index (χ3v) is 3.21. The van der Waals surface area contributed by atoms with Crippen molar-refractivity contribution in [2.24, 2.45) is 5.92 Å². The number of nitro benzene ring substituents is 1. The number of carbonyl (C=O) groups excluding carboxylic acids is 1. The van der Waals surface area contributed by atoms with Crippen LogP contribution in [0.3, 0.4) is 0 Å². The van der Waals surface area contributed by atoms with E-state index in [1.54, 1.807) is 6.07 Å². The van der Waals surface area contributed by atoms with Crippen molar-refractivity contribution in [3.8, 4) is 0 Å². The molecule has 5 nitrogen and oxygen atoms in total. The van der Waals surface area contributed by atoms with Gasteiger partial charge in [0.1, 0.15) is 0 Å². The fourth-order valence-electron chi connectivity index (χ4n) is 2.28. The molecule has 1 saturated carbocycles. The van der Waals surface area contributed by atoms with Gasteiger partial charge in [-0.05, 0) is 30.4 Å². The Morgan fingerprint density at radius 1 is 1.38 bits per heavy atom. The van der Waals surface area contributed by atoms with E-state index in [4.69, 9.17) is 0 Å². The highest BCUT2D eigenvalue weighted by Gasteiger charge is 2.42. The number of carbonyl (C=O) groups is 1. The first-order valence-corrected chi connectivity index (χ1v) is 5.26. The van der Waals surface area contributed by atoms with Gasteiger partial charge in [-0.2, -0.15) is 0 Å². The zero-order chi connectivity index (χ0) is 11.3. The molecule has 1 fully saturated rings. The maximum absolute atomic E-state index is 11.7. The summed E-state index contributed by atoms with van der Waals surface area (Å²) in [4.78, 5) is 22.0. The van der Waals surface area contributed by atoms with Crippen molar-refractivity contribution in [1.82, 2.24) is 0 Å². The Kier molecular flexibility index (Phi) is 1.77. The first-order valence-electron chi connectivity index (χ1n) is 5.26. The van der Waals surface area contributed by atoms with E-state index in [1.165, 1.54) is 12.1 Å². The number of non-ortho nitro benzene ring substituents is 1. The van der Waals surface area contributed by atoms with Crippen LogP contribution in [0.2, 0.25) is 0 Å². The maximum atomic E-state index is 11.7. The number of hydrogen-bond donors (Lipinski definition) is 1. The predicted octanol–water partition coefficient (Wildman–Crippen LogP) is 2.04. The number of benzene rings is 1. The lowest BCUT2D eigenvalue weighted by molar-refractivity contribution is -0.384. The number of hydrogen-bond acceptors (Lipinski definition) is 3. The molecule has 1 unspecified atom stereocenters. The van der Waals surface area contributed by atoms with Crippen LogP contribution in [0.25, 0.3) is 0 Å². The van der Waals surface area contributed by atoms with E-state index in [9.17, 15) is 14.9 Å². The molecule has 82 valence electrons. The van der Waals surface area contributed by atoms with Crippen LogP contribution in [0.5, 0.6) is 0 Å². The molecule has 1 heterocycles. The standard InChI is InChI=1S/C11H10N2O3/c14-11-10(6-1-2-6)8-5-7(13(15)16)3-4-9(8)12-11/h3-6,10H,1-2H2,(H,12,14).